The van der Waals surface area contributed by atoms with Crippen LogP contribution in [0.4, 0.5) is 0 Å². The molecule has 0 bridgehead atoms. The molecule has 0 heterocycles. The molecule has 0 saturated heterocycles. The lowest BCUT2D eigenvalue weighted by atomic mass is 9.81. The molecule has 0 aliphatic rings. The van der Waals surface area contributed by atoms with Gasteiger partial charge >= 0.3 is 0 Å². The van der Waals surface area contributed by atoms with Crippen LogP contribution in [0.1, 0.15) is 173 Å². The Hall–Kier alpha value is 0.489. The van der Waals surface area contributed by atoms with E-state index in [1.165, 1.54) is 12.8 Å². The minimum absolute atomic E-state index is 0. The van der Waals surface area contributed by atoms with Crippen molar-refractivity contribution in [3.8, 4) is 0 Å². The van der Waals surface area contributed by atoms with Gasteiger partial charge in [-0.05, 0) is 30.1 Å². The Bertz CT molecular complexity index is 166. The zero-order valence-corrected chi connectivity index (χ0v) is 35.9. The van der Waals surface area contributed by atoms with E-state index in [-0.39, 0.29) is 20.6 Å². The summed E-state index contributed by atoms with van der Waals surface area (Å²) in [6, 6.07) is 0. The maximum absolute atomic E-state index is 7.57. The van der Waals surface area contributed by atoms with Crippen LogP contribution in [0.2, 0.25) is 0 Å². The fourth-order valence-corrected chi connectivity index (χ4v) is 0. The first-order chi connectivity index (χ1) is 20.7. The SMILES string of the molecule is C.CC.CC.CC(C)(C)C.CC(C)(C)C.CC(C)(C)C.CCC.CCC.CCO.CCO.CO.CO.[B][B].[B][B].[B][B].[B][B].[B][B]. The van der Waals surface area contributed by atoms with Crippen LogP contribution >= 0.6 is 0 Å². The molecular weight excluding hydrogens is 556 g/mol. The Kier molecular flexibility index (Phi) is 428. The van der Waals surface area contributed by atoms with Crippen molar-refractivity contribution in [3.05, 3.63) is 0 Å². The largest absolute Gasteiger partial charge is 0.400 e. The maximum Gasteiger partial charge on any atom is 0.0402 e. The van der Waals surface area contributed by atoms with Crippen LogP contribution < -0.4 is 0 Å². The first-order valence-corrected chi connectivity index (χ1v) is 15.4. The number of aliphatic hydroxyl groups excluding tert-OH is 4. The molecule has 20 radical (unpaired) electrons. The highest BCUT2D eigenvalue weighted by molar-refractivity contribution is 6.76. The van der Waals surface area contributed by atoms with Crippen molar-refractivity contribution in [2.24, 2.45) is 16.2 Å². The topological polar surface area (TPSA) is 80.9 Å². The quantitative estimate of drug-likeness (QED) is 0.213. The molecule has 0 aromatic heterocycles. The Morgan fingerprint density at radius 2 is 0.326 bits per heavy atom. The lowest BCUT2D eigenvalue weighted by Gasteiger charge is -2.05. The summed E-state index contributed by atoms with van der Waals surface area (Å²) in [5.41, 5.74) is 1.50. The van der Waals surface area contributed by atoms with Crippen LogP contribution in [0.5, 0.6) is 0 Å². The number of aliphatic hydroxyl groups is 4. The third-order valence-corrected chi connectivity index (χ3v) is 0. The van der Waals surface area contributed by atoms with E-state index in [9.17, 15) is 0 Å². The van der Waals surface area contributed by atoms with Gasteiger partial charge in [-0.3, -0.25) is 0 Å². The number of rotatable bonds is 0. The molecule has 4 N–H and O–H groups in total. The second-order valence-electron chi connectivity index (χ2n) is 11.0. The van der Waals surface area contributed by atoms with Gasteiger partial charge in [-0.15, -0.1) is 0 Å². The highest BCUT2D eigenvalue weighted by atomic mass is 16.3. The van der Waals surface area contributed by atoms with Gasteiger partial charge in [0.05, 0.1) is 0 Å². The monoisotopic (exact) mass is 647 g/mol. The van der Waals surface area contributed by atoms with E-state index in [1.54, 1.807) is 13.8 Å². The molecule has 0 spiro atoms. The third kappa shape index (κ3) is 351000. The molecular formula is C32H88B10O4. The summed E-state index contributed by atoms with van der Waals surface area (Å²) in [5.74, 6) is 0. The van der Waals surface area contributed by atoms with Crippen molar-refractivity contribution in [2.45, 2.75) is 173 Å². The molecule has 0 aromatic rings. The summed E-state index contributed by atoms with van der Waals surface area (Å²) in [7, 11) is 42.0. The predicted octanol–water partition coefficient (Wildman–Crippen LogP) is 7.08. The molecule has 46 heavy (non-hydrogen) atoms. The van der Waals surface area contributed by atoms with Crippen molar-refractivity contribution in [1.29, 1.82) is 0 Å². The Morgan fingerprint density at radius 1 is 0.326 bits per heavy atom. The van der Waals surface area contributed by atoms with E-state index in [2.05, 4.69) is 188 Å². The minimum atomic E-state index is 0. The fraction of sp³-hybridized carbons (Fsp3) is 1.00. The summed E-state index contributed by atoms with van der Waals surface area (Å²) >= 11 is 0. The summed E-state index contributed by atoms with van der Waals surface area (Å²) in [5, 5.41) is 29.1. The van der Waals surface area contributed by atoms with E-state index in [1.807, 2.05) is 27.7 Å². The molecule has 270 valence electrons. The Balaban J connectivity index is -0.0000000132. The van der Waals surface area contributed by atoms with Gasteiger partial charge in [-0.25, -0.2) is 0 Å². The van der Waals surface area contributed by atoms with Crippen LogP contribution in [-0.2, 0) is 0 Å². The van der Waals surface area contributed by atoms with Gasteiger partial charge in [0.1, 0.15) is 0 Å². The average molecular weight is 645 g/mol. The molecule has 14 heteroatoms. The summed E-state index contributed by atoms with van der Waals surface area (Å²) in [6.45, 7) is 46.6. The molecule has 0 unspecified atom stereocenters. The van der Waals surface area contributed by atoms with Gasteiger partial charge in [0.2, 0.25) is 0 Å². The van der Waals surface area contributed by atoms with Crippen LogP contribution in [0, 0.1) is 16.2 Å². The second kappa shape index (κ2) is 178. The van der Waals surface area contributed by atoms with Gasteiger partial charge < -0.3 is 20.4 Å². The van der Waals surface area contributed by atoms with Gasteiger partial charge in [-0.1, -0.05) is 159 Å². The van der Waals surface area contributed by atoms with E-state index >= 15 is 0 Å². The molecule has 0 fully saturated rings. The van der Waals surface area contributed by atoms with Crippen molar-refractivity contribution in [1.82, 2.24) is 0 Å². The molecule has 0 rings (SSSR count). The average Bonchev–Trinajstić information content (AvgIpc) is 2.97. The first kappa shape index (κ1) is 111. The van der Waals surface area contributed by atoms with Gasteiger partial charge in [-0.2, -0.15) is 0 Å². The van der Waals surface area contributed by atoms with Gasteiger partial charge in [0.15, 0.2) is 0 Å². The van der Waals surface area contributed by atoms with E-state index < -0.39 is 0 Å². The summed E-state index contributed by atoms with van der Waals surface area (Å²) in [4.78, 5) is 0. The standard InChI is InChI=1S/3C5H12.2C3H8.2C2H6O.2C2H6.2CH4O.CH4.5B2/c3*1-5(2,3)4;2*1-3-2;2*1-2-3;4*1-2;;5*1-2/h3*1-4H3;2*3H2,1-2H3;2*3H,2H2,1H3;2*1-2H3;2*2H,1H3;1H4;;;;;. The highest BCUT2D eigenvalue weighted by Crippen LogP contribution is 2.08. The van der Waals surface area contributed by atoms with Gasteiger partial charge in [0, 0.05) is 105 Å². The summed E-state index contributed by atoms with van der Waals surface area (Å²) < 4.78 is 0. The maximum atomic E-state index is 7.57. The zero-order chi connectivity index (χ0) is 42.3. The van der Waals surface area contributed by atoms with Crippen LogP contribution in [0.25, 0.3) is 0 Å². The molecule has 0 aliphatic heterocycles. The smallest absolute Gasteiger partial charge is 0.0402 e. The van der Waals surface area contributed by atoms with Crippen molar-refractivity contribution in [2.75, 3.05) is 27.4 Å². The van der Waals surface area contributed by atoms with E-state index in [0.29, 0.717) is 16.2 Å². The second-order valence-corrected chi connectivity index (χ2v) is 11.0. The normalized spacial score (nSPS) is 6.43. The molecule has 0 amide bonds. The van der Waals surface area contributed by atoms with E-state index in [0.717, 1.165) is 14.2 Å². The lowest BCUT2D eigenvalue weighted by molar-refractivity contribution is 0.318. The molecule has 0 aromatic carbocycles. The lowest BCUT2D eigenvalue weighted by Crippen LogP contribution is -1.93. The first-order valence-electron chi connectivity index (χ1n) is 15.4. The van der Waals surface area contributed by atoms with Crippen molar-refractivity contribution >= 4 is 77.4 Å². The molecule has 4 nitrogen and oxygen atoms in total. The molecule has 0 atom stereocenters. The number of hydrogen-bond acceptors (Lipinski definition) is 4. The minimum Gasteiger partial charge on any atom is -0.400 e. The Morgan fingerprint density at radius 3 is 0.326 bits per heavy atom. The predicted molar refractivity (Wildman–Crippen MR) is 236 cm³/mol. The van der Waals surface area contributed by atoms with Crippen LogP contribution in [-0.4, -0.2) is 125 Å². The third-order valence-electron chi connectivity index (χ3n) is 0. The Labute approximate surface area is 313 Å². The van der Waals surface area contributed by atoms with Crippen LogP contribution in [0.15, 0.2) is 0 Å². The fourth-order valence-electron chi connectivity index (χ4n) is 0. The van der Waals surface area contributed by atoms with Crippen molar-refractivity contribution < 1.29 is 20.4 Å². The van der Waals surface area contributed by atoms with E-state index in [4.69, 9.17) is 20.4 Å². The summed E-state index contributed by atoms with van der Waals surface area (Å²) in [6.07, 6.45) is 2.50. The highest BCUT2D eigenvalue weighted by Gasteiger charge is 1.96. The number of hydrogen-bond donors (Lipinski definition) is 4. The molecule has 0 aliphatic carbocycles. The van der Waals surface area contributed by atoms with Gasteiger partial charge in [0.25, 0.3) is 0 Å². The molecule has 0 saturated carbocycles. The van der Waals surface area contributed by atoms with Crippen molar-refractivity contribution in [3.63, 3.8) is 0 Å². The van der Waals surface area contributed by atoms with Crippen LogP contribution in [0.3, 0.4) is 0 Å². The zero-order valence-electron chi connectivity index (χ0n) is 35.9.